The fourth-order valence-electron chi connectivity index (χ4n) is 2.88. The Labute approximate surface area is 205 Å². The topological polar surface area (TPSA) is 92.9 Å². The first-order valence-corrected chi connectivity index (χ1v) is 12.5. The maximum absolute atomic E-state index is 13.0. The van der Waals surface area contributed by atoms with Gasteiger partial charge in [-0.05, 0) is 72.0 Å². The van der Waals surface area contributed by atoms with Gasteiger partial charge in [-0.3, -0.25) is 4.79 Å². The molecule has 2 aromatic heterocycles. The predicted molar refractivity (Wildman–Crippen MR) is 135 cm³/mol. The Kier molecular flexibility index (Phi) is 7.12. The van der Waals surface area contributed by atoms with Gasteiger partial charge < -0.3 is 10.4 Å². The molecule has 2 heterocycles. The van der Waals surface area contributed by atoms with Crippen LogP contribution in [-0.2, 0) is 0 Å². The molecule has 0 aliphatic rings. The molecule has 0 aliphatic heterocycles. The van der Waals surface area contributed by atoms with Crippen molar-refractivity contribution < 1.29 is 5.11 Å². The van der Waals surface area contributed by atoms with Crippen LogP contribution in [0.5, 0.6) is 0 Å². The minimum atomic E-state index is -0.582. The summed E-state index contributed by atoms with van der Waals surface area (Å²) in [5, 5.41) is 23.5. The lowest BCUT2D eigenvalue weighted by Crippen LogP contribution is -2.22. The monoisotopic (exact) mass is 585 g/mol. The molecule has 4 rings (SSSR count). The van der Waals surface area contributed by atoms with Gasteiger partial charge >= 0.3 is 0 Å². The third kappa shape index (κ3) is 5.37. The molecule has 160 valence electrons. The second-order valence-electron chi connectivity index (χ2n) is 6.66. The third-order valence-corrected chi connectivity index (χ3v) is 7.48. The van der Waals surface area contributed by atoms with Crippen LogP contribution >= 0.6 is 57.3 Å². The van der Waals surface area contributed by atoms with Gasteiger partial charge in [-0.2, -0.15) is 0 Å². The summed E-state index contributed by atoms with van der Waals surface area (Å²) in [5.74, 6) is 0.996. The number of aliphatic hydroxyl groups is 1. The fraction of sp³-hybridized carbons (Fsp3) is 0.200. The summed E-state index contributed by atoms with van der Waals surface area (Å²) in [6, 6.07) is 12.9. The number of fused-ring (bicyclic) bond motifs is 1. The van der Waals surface area contributed by atoms with Crippen molar-refractivity contribution in [3.05, 3.63) is 67.2 Å². The Morgan fingerprint density at radius 3 is 2.81 bits per heavy atom. The van der Waals surface area contributed by atoms with Crippen LogP contribution in [0.3, 0.4) is 0 Å². The number of nitrogens with zero attached hydrogens (tertiary/aromatic N) is 4. The van der Waals surface area contributed by atoms with Crippen LogP contribution in [0.15, 0.2) is 51.6 Å². The lowest BCUT2D eigenvalue weighted by Gasteiger charge is -2.11. The number of halogens is 2. The molecule has 2 aromatic carbocycles. The molecule has 2 N–H and O–H groups in total. The molecule has 1 unspecified atom stereocenters. The van der Waals surface area contributed by atoms with Gasteiger partial charge in [-0.1, -0.05) is 34.7 Å². The van der Waals surface area contributed by atoms with Crippen molar-refractivity contribution in [1.82, 2.24) is 19.7 Å². The highest BCUT2D eigenvalue weighted by Gasteiger charge is 2.15. The van der Waals surface area contributed by atoms with E-state index in [-0.39, 0.29) is 5.56 Å². The molecule has 0 aliphatic carbocycles. The molecule has 0 amide bonds. The maximum Gasteiger partial charge on any atom is 0.267 e. The highest BCUT2D eigenvalue weighted by Crippen LogP contribution is 2.26. The van der Waals surface area contributed by atoms with Crippen molar-refractivity contribution in [1.29, 1.82) is 0 Å². The summed E-state index contributed by atoms with van der Waals surface area (Å²) in [4.78, 5) is 17.5. The van der Waals surface area contributed by atoms with E-state index in [4.69, 9.17) is 11.6 Å². The summed E-state index contributed by atoms with van der Waals surface area (Å²) in [6.45, 7) is 2.17. The summed E-state index contributed by atoms with van der Waals surface area (Å²) in [5.41, 5.74) is 1.38. The molecule has 31 heavy (non-hydrogen) atoms. The zero-order valence-corrected chi connectivity index (χ0v) is 20.8. The molecule has 0 radical (unpaired) electrons. The lowest BCUT2D eigenvalue weighted by atomic mass is 10.2. The van der Waals surface area contributed by atoms with E-state index in [9.17, 15) is 9.90 Å². The van der Waals surface area contributed by atoms with Gasteiger partial charge in [0.15, 0.2) is 4.34 Å². The first-order chi connectivity index (χ1) is 14.9. The van der Waals surface area contributed by atoms with Crippen molar-refractivity contribution in [2.45, 2.75) is 17.4 Å². The Bertz CT molecular complexity index is 1280. The Morgan fingerprint density at radius 1 is 1.26 bits per heavy atom. The highest BCUT2D eigenvalue weighted by atomic mass is 127. The van der Waals surface area contributed by atoms with Gasteiger partial charge in [-0.25, -0.2) is 9.55 Å². The van der Waals surface area contributed by atoms with Gasteiger partial charge in [0.25, 0.3) is 5.56 Å². The van der Waals surface area contributed by atoms with Crippen LogP contribution in [-0.4, -0.2) is 43.3 Å². The van der Waals surface area contributed by atoms with E-state index in [1.807, 2.05) is 30.3 Å². The maximum atomic E-state index is 13.0. The lowest BCUT2D eigenvalue weighted by molar-refractivity contribution is 0.213. The minimum absolute atomic E-state index is 0.166. The number of hydrogen-bond donors (Lipinski definition) is 2. The van der Waals surface area contributed by atoms with Crippen molar-refractivity contribution in [3.63, 3.8) is 0 Å². The molecule has 7 nitrogen and oxygen atoms in total. The molecule has 11 heteroatoms. The summed E-state index contributed by atoms with van der Waals surface area (Å²) in [6.07, 6.45) is -0.582. The van der Waals surface area contributed by atoms with Crippen molar-refractivity contribution in [2.75, 3.05) is 17.6 Å². The van der Waals surface area contributed by atoms with Crippen LogP contribution in [0.25, 0.3) is 16.0 Å². The number of rotatable bonds is 7. The summed E-state index contributed by atoms with van der Waals surface area (Å²) >= 11 is 10.7. The molecule has 1 atom stereocenters. The van der Waals surface area contributed by atoms with Gasteiger partial charge in [0.2, 0.25) is 5.13 Å². The van der Waals surface area contributed by atoms with E-state index in [0.717, 1.165) is 9.26 Å². The number of benzene rings is 2. The van der Waals surface area contributed by atoms with E-state index in [1.165, 1.54) is 27.7 Å². The van der Waals surface area contributed by atoms with E-state index >= 15 is 0 Å². The highest BCUT2D eigenvalue weighted by molar-refractivity contribution is 14.1. The number of nitrogens with one attached hydrogen (secondary N) is 1. The van der Waals surface area contributed by atoms with Gasteiger partial charge in [0, 0.05) is 26.6 Å². The van der Waals surface area contributed by atoms with Crippen LogP contribution in [0.1, 0.15) is 5.82 Å². The smallest absolute Gasteiger partial charge is 0.267 e. The van der Waals surface area contributed by atoms with Gasteiger partial charge in [-0.15, -0.1) is 10.2 Å². The number of thioether (sulfide) groups is 1. The van der Waals surface area contributed by atoms with Crippen LogP contribution < -0.4 is 10.9 Å². The standard InChI is InChI=1S/C20H17ClIN5O2S2/c1-11-24-17-7-4-13(22)8-16(17)18(29)27(11)19-25-26-20(31-19)30-10-15(28)9-23-14-5-2-12(21)3-6-14/h2-8,15,23,28H,9-10H2,1H3. The van der Waals surface area contributed by atoms with Crippen LogP contribution in [0.4, 0.5) is 5.69 Å². The number of aromatic nitrogens is 4. The molecule has 4 aromatic rings. The van der Waals surface area contributed by atoms with E-state index in [2.05, 4.69) is 43.1 Å². The normalized spacial score (nSPS) is 12.3. The average molecular weight is 586 g/mol. The van der Waals surface area contributed by atoms with Gasteiger partial charge in [0.05, 0.1) is 17.0 Å². The van der Waals surface area contributed by atoms with Crippen molar-refractivity contribution >= 4 is 73.9 Å². The fourth-order valence-corrected chi connectivity index (χ4v) is 5.33. The zero-order valence-electron chi connectivity index (χ0n) is 16.2. The number of aryl methyl sites for hydroxylation is 1. The zero-order chi connectivity index (χ0) is 22.0. The first-order valence-electron chi connectivity index (χ1n) is 9.24. The third-order valence-electron chi connectivity index (χ3n) is 4.37. The van der Waals surface area contributed by atoms with E-state index < -0.39 is 6.10 Å². The molecular formula is C20H17ClIN5O2S2. The number of aliphatic hydroxyl groups excluding tert-OH is 1. The number of anilines is 1. The quantitative estimate of drug-likeness (QED) is 0.246. The summed E-state index contributed by atoms with van der Waals surface area (Å²) in [7, 11) is 0. The SMILES string of the molecule is Cc1nc2ccc(I)cc2c(=O)n1-c1nnc(SCC(O)CNc2ccc(Cl)cc2)s1. The van der Waals surface area contributed by atoms with Crippen LogP contribution in [0.2, 0.25) is 5.02 Å². The Balaban J connectivity index is 1.43. The molecule has 0 bridgehead atoms. The summed E-state index contributed by atoms with van der Waals surface area (Å²) < 4.78 is 3.13. The second kappa shape index (κ2) is 9.82. The first kappa shape index (κ1) is 22.5. The van der Waals surface area contributed by atoms with Crippen molar-refractivity contribution in [3.8, 4) is 5.13 Å². The molecular weight excluding hydrogens is 569 g/mol. The Morgan fingerprint density at radius 2 is 2.03 bits per heavy atom. The molecule has 0 spiro atoms. The minimum Gasteiger partial charge on any atom is -0.390 e. The number of hydrogen-bond acceptors (Lipinski definition) is 8. The molecule has 0 fully saturated rings. The average Bonchev–Trinajstić information content (AvgIpc) is 3.21. The Hall–Kier alpha value is -1.73. The molecule has 0 saturated heterocycles. The largest absolute Gasteiger partial charge is 0.390 e. The van der Waals surface area contributed by atoms with Crippen molar-refractivity contribution in [2.24, 2.45) is 0 Å². The van der Waals surface area contributed by atoms with E-state index in [1.54, 1.807) is 19.1 Å². The van der Waals surface area contributed by atoms with Gasteiger partial charge in [0.1, 0.15) is 5.82 Å². The van der Waals surface area contributed by atoms with E-state index in [0.29, 0.717) is 43.5 Å². The second-order valence-corrected chi connectivity index (χ2v) is 10.6. The predicted octanol–water partition coefficient (Wildman–Crippen LogP) is 4.37. The van der Waals surface area contributed by atoms with Crippen LogP contribution in [0, 0.1) is 10.5 Å². The molecule has 0 saturated carbocycles.